The van der Waals surface area contributed by atoms with Crippen molar-refractivity contribution in [3.63, 3.8) is 0 Å². The number of likely N-dealkylation sites (tertiary alicyclic amines) is 1. The molecule has 2 heterocycles. The van der Waals surface area contributed by atoms with E-state index in [-0.39, 0.29) is 36.0 Å². The fourth-order valence-electron chi connectivity index (χ4n) is 3.44. The van der Waals surface area contributed by atoms with Crippen molar-refractivity contribution in [1.82, 2.24) is 15.1 Å². The molecule has 0 unspecified atom stereocenters. The van der Waals surface area contributed by atoms with Gasteiger partial charge in [0.15, 0.2) is 5.96 Å². The number of benzene rings is 1. The van der Waals surface area contributed by atoms with Crippen molar-refractivity contribution in [3.8, 4) is 0 Å². The van der Waals surface area contributed by atoms with Gasteiger partial charge in [-0.1, -0.05) is 24.3 Å². The van der Waals surface area contributed by atoms with Crippen molar-refractivity contribution in [3.05, 3.63) is 35.4 Å². The van der Waals surface area contributed by atoms with Gasteiger partial charge in [0.1, 0.15) is 0 Å². The average Bonchev–Trinajstić information content (AvgIpc) is 3.23. The van der Waals surface area contributed by atoms with E-state index in [1.165, 1.54) is 11.1 Å². The average molecular weight is 472 g/mol. The van der Waals surface area contributed by atoms with Crippen molar-refractivity contribution in [2.45, 2.75) is 45.4 Å². The van der Waals surface area contributed by atoms with Gasteiger partial charge in [-0.3, -0.25) is 9.79 Å². The molecule has 1 aromatic carbocycles. The molecule has 2 aliphatic heterocycles. The van der Waals surface area contributed by atoms with Gasteiger partial charge >= 0.3 is 0 Å². The molecule has 0 aromatic heterocycles. The Kier molecular flexibility index (Phi) is 8.15. The molecule has 144 valence electrons. The van der Waals surface area contributed by atoms with Crippen LogP contribution in [0.1, 0.15) is 37.3 Å². The zero-order valence-corrected chi connectivity index (χ0v) is 17.7. The van der Waals surface area contributed by atoms with E-state index in [4.69, 9.17) is 0 Å². The monoisotopic (exact) mass is 472 g/mol. The van der Waals surface area contributed by atoms with Gasteiger partial charge in [-0.05, 0) is 30.9 Å². The minimum Gasteiger partial charge on any atom is -0.391 e. The summed E-state index contributed by atoms with van der Waals surface area (Å²) in [6.07, 6.45) is 1.80. The van der Waals surface area contributed by atoms with Crippen molar-refractivity contribution in [1.29, 1.82) is 0 Å². The van der Waals surface area contributed by atoms with Gasteiger partial charge in [-0.25, -0.2) is 0 Å². The minimum atomic E-state index is -0.262. The number of amides is 1. The second-order valence-corrected chi connectivity index (χ2v) is 6.75. The fourth-order valence-corrected chi connectivity index (χ4v) is 3.44. The maximum absolute atomic E-state index is 12.4. The lowest BCUT2D eigenvalue weighted by Crippen LogP contribution is -2.40. The summed E-state index contributed by atoms with van der Waals surface area (Å²) in [5.41, 5.74) is 2.52. The number of hydrogen-bond donors (Lipinski definition) is 2. The van der Waals surface area contributed by atoms with Crippen molar-refractivity contribution in [2.24, 2.45) is 4.99 Å². The molecule has 1 aromatic rings. The topological polar surface area (TPSA) is 68.2 Å². The van der Waals surface area contributed by atoms with Gasteiger partial charge in [-0.15, -0.1) is 24.0 Å². The molecule has 3 rings (SSSR count). The number of aliphatic hydroxyl groups is 1. The number of guanidine groups is 1. The number of carbonyl (C=O) groups excluding carboxylic acids is 1. The van der Waals surface area contributed by atoms with E-state index in [9.17, 15) is 9.90 Å². The number of fused-ring (bicyclic) bond motifs is 1. The van der Waals surface area contributed by atoms with E-state index in [1.807, 2.05) is 24.0 Å². The first-order valence-electron chi connectivity index (χ1n) is 9.23. The van der Waals surface area contributed by atoms with E-state index in [1.54, 1.807) is 0 Å². The number of nitrogens with one attached hydrogen (secondary N) is 1. The van der Waals surface area contributed by atoms with Crippen molar-refractivity contribution >= 4 is 35.8 Å². The maximum atomic E-state index is 12.4. The van der Waals surface area contributed by atoms with Gasteiger partial charge in [0.2, 0.25) is 5.91 Å². The summed E-state index contributed by atoms with van der Waals surface area (Å²) in [5.74, 6) is 1.05. The highest BCUT2D eigenvalue weighted by Crippen LogP contribution is 2.22. The Labute approximate surface area is 172 Å². The number of hydrogen-bond acceptors (Lipinski definition) is 3. The quantitative estimate of drug-likeness (QED) is 0.298. The van der Waals surface area contributed by atoms with Crippen LogP contribution in [0.4, 0.5) is 0 Å². The highest BCUT2D eigenvalue weighted by molar-refractivity contribution is 14.0. The standard InChI is InChI=1S/C19H28N4O2.HI/c1-2-20-19(22-11-9-17(24)14-22)21-10-5-8-18(25)23-12-15-6-3-4-7-16(15)13-23;/h3-4,6-7,17,24H,2,5,8-14H2,1H3,(H,20,21);1H/t17-;/m1./s1. The van der Waals surface area contributed by atoms with E-state index in [0.29, 0.717) is 19.5 Å². The van der Waals surface area contributed by atoms with Crippen LogP contribution in [0.5, 0.6) is 0 Å². The first-order chi connectivity index (χ1) is 12.2. The third-order valence-corrected chi connectivity index (χ3v) is 4.80. The Hall–Kier alpha value is -1.35. The summed E-state index contributed by atoms with van der Waals surface area (Å²) < 4.78 is 0. The zero-order valence-electron chi connectivity index (χ0n) is 15.4. The predicted octanol–water partition coefficient (Wildman–Crippen LogP) is 1.96. The molecular formula is C19H29IN4O2. The van der Waals surface area contributed by atoms with Crippen LogP contribution < -0.4 is 5.32 Å². The molecule has 0 spiro atoms. The fraction of sp³-hybridized carbons (Fsp3) is 0.579. The Balaban J connectivity index is 0.00000243. The molecule has 1 saturated heterocycles. The lowest BCUT2D eigenvalue weighted by atomic mass is 10.1. The molecule has 0 saturated carbocycles. The summed E-state index contributed by atoms with van der Waals surface area (Å²) in [4.78, 5) is 21.0. The van der Waals surface area contributed by atoms with Gasteiger partial charge in [0, 0.05) is 45.7 Å². The number of β-amino-alcohol motifs (C(OH)–C–C–N with tert-alkyl or cyclic N) is 1. The van der Waals surface area contributed by atoms with E-state index in [2.05, 4.69) is 27.3 Å². The van der Waals surface area contributed by atoms with Gasteiger partial charge < -0.3 is 20.2 Å². The van der Waals surface area contributed by atoms with Crippen LogP contribution in [0, 0.1) is 0 Å². The highest BCUT2D eigenvalue weighted by atomic mass is 127. The minimum absolute atomic E-state index is 0. The third-order valence-electron chi connectivity index (χ3n) is 4.80. The summed E-state index contributed by atoms with van der Waals surface area (Å²) in [7, 11) is 0. The lowest BCUT2D eigenvalue weighted by Gasteiger charge is -2.21. The van der Waals surface area contributed by atoms with Gasteiger partial charge in [-0.2, -0.15) is 0 Å². The Morgan fingerprint density at radius 2 is 1.96 bits per heavy atom. The number of nitrogens with zero attached hydrogens (tertiary/aromatic N) is 3. The molecule has 0 aliphatic carbocycles. The summed E-state index contributed by atoms with van der Waals surface area (Å²) in [5, 5.41) is 13.0. The normalized spacial score (nSPS) is 19.3. The first kappa shape index (κ1) is 21.0. The second kappa shape index (κ2) is 10.1. The number of halogens is 1. The molecular weight excluding hydrogens is 443 g/mol. The van der Waals surface area contributed by atoms with E-state index in [0.717, 1.165) is 45.0 Å². The van der Waals surface area contributed by atoms with Gasteiger partial charge in [0.05, 0.1) is 6.10 Å². The number of aliphatic imine (C=N–C) groups is 1. The summed E-state index contributed by atoms with van der Waals surface area (Å²) in [6, 6.07) is 8.25. The third kappa shape index (κ3) is 5.33. The Bertz CT molecular complexity index is 613. The van der Waals surface area contributed by atoms with Crippen LogP contribution in [0.15, 0.2) is 29.3 Å². The maximum Gasteiger partial charge on any atom is 0.223 e. The molecule has 1 amide bonds. The highest BCUT2D eigenvalue weighted by Gasteiger charge is 2.23. The molecule has 1 atom stereocenters. The molecule has 0 bridgehead atoms. The SMILES string of the molecule is CCNC(=NCCCC(=O)N1Cc2ccccc2C1)N1CC[C@@H](O)C1.I. The molecule has 6 nitrogen and oxygen atoms in total. The Morgan fingerprint density at radius 3 is 2.54 bits per heavy atom. The molecule has 7 heteroatoms. The molecule has 26 heavy (non-hydrogen) atoms. The van der Waals surface area contributed by atoms with Crippen LogP contribution in [-0.2, 0) is 17.9 Å². The molecule has 2 aliphatic rings. The van der Waals surface area contributed by atoms with Crippen LogP contribution in [0.25, 0.3) is 0 Å². The van der Waals surface area contributed by atoms with Crippen LogP contribution in [-0.4, -0.2) is 59.1 Å². The lowest BCUT2D eigenvalue weighted by molar-refractivity contribution is -0.131. The zero-order chi connectivity index (χ0) is 17.6. The smallest absolute Gasteiger partial charge is 0.223 e. The predicted molar refractivity (Wildman–Crippen MR) is 114 cm³/mol. The Morgan fingerprint density at radius 1 is 1.27 bits per heavy atom. The van der Waals surface area contributed by atoms with Gasteiger partial charge in [0.25, 0.3) is 0 Å². The van der Waals surface area contributed by atoms with Crippen LogP contribution in [0.3, 0.4) is 0 Å². The molecule has 1 fully saturated rings. The summed E-state index contributed by atoms with van der Waals surface area (Å²) in [6.45, 7) is 6.39. The second-order valence-electron chi connectivity index (χ2n) is 6.75. The molecule has 0 radical (unpaired) electrons. The van der Waals surface area contributed by atoms with Crippen molar-refractivity contribution in [2.75, 3.05) is 26.2 Å². The largest absolute Gasteiger partial charge is 0.391 e. The summed E-state index contributed by atoms with van der Waals surface area (Å²) >= 11 is 0. The first-order valence-corrected chi connectivity index (χ1v) is 9.23. The van der Waals surface area contributed by atoms with Crippen LogP contribution in [0.2, 0.25) is 0 Å². The van der Waals surface area contributed by atoms with Crippen molar-refractivity contribution < 1.29 is 9.90 Å². The van der Waals surface area contributed by atoms with E-state index >= 15 is 0 Å². The number of rotatable bonds is 5. The van der Waals surface area contributed by atoms with Crippen LogP contribution >= 0.6 is 24.0 Å². The number of carbonyl (C=O) groups is 1. The molecule has 2 N–H and O–H groups in total. The van der Waals surface area contributed by atoms with E-state index < -0.39 is 0 Å². The number of aliphatic hydroxyl groups excluding tert-OH is 1.